The van der Waals surface area contributed by atoms with Gasteiger partial charge in [0.15, 0.2) is 0 Å². The minimum Gasteiger partial charge on any atom is -0.396 e. The summed E-state index contributed by atoms with van der Waals surface area (Å²) in [6, 6.07) is 0. The number of hydrogen-bond acceptors (Lipinski definition) is 3. The van der Waals surface area contributed by atoms with Gasteiger partial charge in [-0.05, 0) is 11.8 Å². The minimum absolute atomic E-state index is 0.0734. The highest BCUT2D eigenvalue weighted by Gasteiger charge is 2.33. The predicted octanol–water partition coefficient (Wildman–Crippen LogP) is 0.628. The predicted molar refractivity (Wildman–Crippen MR) is 48.6 cm³/mol. The van der Waals surface area contributed by atoms with Gasteiger partial charge in [-0.3, -0.25) is 0 Å². The van der Waals surface area contributed by atoms with E-state index < -0.39 is 8.25 Å². The van der Waals surface area contributed by atoms with Crippen LogP contribution in [-0.4, -0.2) is 31.1 Å². The lowest BCUT2D eigenvalue weighted by atomic mass is 9.85. The molecule has 4 nitrogen and oxygen atoms in total. The van der Waals surface area contributed by atoms with Crippen LogP contribution in [0.2, 0.25) is 5.82 Å². The standard InChI is InChI=1S/C7H12BO4P/c8-7-1-5(3-9)6(2-7)4-12-13(10)11/h5-7,9H,1-4H2/p+1/t5?,6-,7+/m1/s1. The second-order valence-corrected chi connectivity index (χ2v) is 4.20. The maximum absolute atomic E-state index is 10.3. The van der Waals surface area contributed by atoms with Gasteiger partial charge in [-0.2, -0.15) is 0 Å². The Bertz CT molecular complexity index is 189. The Labute approximate surface area is 79.7 Å². The highest BCUT2D eigenvalue weighted by molar-refractivity contribution is 7.32. The zero-order valence-electron chi connectivity index (χ0n) is 7.30. The Hall–Kier alpha value is 0.0449. The summed E-state index contributed by atoms with van der Waals surface area (Å²) in [5.41, 5.74) is 0. The molecule has 6 heteroatoms. The van der Waals surface area contributed by atoms with Gasteiger partial charge in [0.05, 0.1) is 7.85 Å². The van der Waals surface area contributed by atoms with Gasteiger partial charge in [-0.15, -0.1) is 9.42 Å². The molecule has 1 saturated carbocycles. The summed E-state index contributed by atoms with van der Waals surface area (Å²) in [5, 5.41) is 8.97. The van der Waals surface area contributed by atoms with E-state index in [1.165, 1.54) is 0 Å². The summed E-state index contributed by atoms with van der Waals surface area (Å²) in [6.07, 6.45) is 1.53. The lowest BCUT2D eigenvalue weighted by molar-refractivity contribution is 0.148. The average Bonchev–Trinajstić information content (AvgIpc) is 2.42. The normalized spacial score (nSPS) is 34.9. The summed E-state index contributed by atoms with van der Waals surface area (Å²) in [7, 11) is 3.17. The van der Waals surface area contributed by atoms with Crippen LogP contribution in [0.1, 0.15) is 12.8 Å². The van der Waals surface area contributed by atoms with Crippen molar-refractivity contribution < 1.29 is 19.1 Å². The Balaban J connectivity index is 2.35. The fourth-order valence-electron chi connectivity index (χ4n) is 1.85. The van der Waals surface area contributed by atoms with E-state index >= 15 is 0 Å². The summed E-state index contributed by atoms with van der Waals surface area (Å²) in [5.74, 6) is 0.318. The maximum Gasteiger partial charge on any atom is 0.694 e. The van der Waals surface area contributed by atoms with Crippen molar-refractivity contribution in [3.8, 4) is 0 Å². The highest BCUT2D eigenvalue weighted by atomic mass is 31.1. The molecule has 0 aliphatic heterocycles. The van der Waals surface area contributed by atoms with Gasteiger partial charge in [0, 0.05) is 11.2 Å². The van der Waals surface area contributed by atoms with Gasteiger partial charge < -0.3 is 5.11 Å². The third-order valence-electron chi connectivity index (χ3n) is 2.51. The number of aliphatic hydroxyl groups is 1. The van der Waals surface area contributed by atoms with E-state index in [4.69, 9.17) is 17.8 Å². The average molecular weight is 203 g/mol. The Morgan fingerprint density at radius 3 is 2.62 bits per heavy atom. The molecule has 0 bridgehead atoms. The summed E-state index contributed by atoms with van der Waals surface area (Å²) in [6.45, 7) is 0.286. The SMILES string of the molecule is [B][C@H]1CC(CO)[C@@H](CO[P+](=O)O)C1. The first-order chi connectivity index (χ1) is 6.13. The molecule has 72 valence electrons. The van der Waals surface area contributed by atoms with Gasteiger partial charge >= 0.3 is 8.25 Å². The largest absolute Gasteiger partial charge is 0.694 e. The van der Waals surface area contributed by atoms with Crippen LogP contribution in [0.5, 0.6) is 0 Å². The van der Waals surface area contributed by atoms with Crippen LogP contribution in [-0.2, 0) is 9.09 Å². The fraction of sp³-hybridized carbons (Fsp3) is 1.00. The Kier molecular flexibility index (Phi) is 4.33. The van der Waals surface area contributed by atoms with Crippen molar-refractivity contribution in [2.75, 3.05) is 13.2 Å². The summed E-state index contributed by atoms with van der Waals surface area (Å²) >= 11 is 0. The van der Waals surface area contributed by atoms with Crippen LogP contribution in [0, 0.1) is 11.8 Å². The molecule has 2 N–H and O–H groups in total. The van der Waals surface area contributed by atoms with Gasteiger partial charge in [0.25, 0.3) is 0 Å². The van der Waals surface area contributed by atoms with E-state index in [1.807, 2.05) is 0 Å². The maximum atomic E-state index is 10.3. The van der Waals surface area contributed by atoms with E-state index in [-0.39, 0.29) is 30.9 Å². The zero-order valence-corrected chi connectivity index (χ0v) is 8.19. The molecule has 4 atom stereocenters. The lowest BCUT2D eigenvalue weighted by Gasteiger charge is -2.12. The van der Waals surface area contributed by atoms with Crippen molar-refractivity contribution in [3.63, 3.8) is 0 Å². The van der Waals surface area contributed by atoms with Crippen LogP contribution >= 0.6 is 8.25 Å². The Morgan fingerprint density at radius 2 is 2.08 bits per heavy atom. The topological polar surface area (TPSA) is 66.8 Å². The monoisotopic (exact) mass is 203 g/mol. The van der Waals surface area contributed by atoms with E-state index in [2.05, 4.69) is 4.52 Å². The van der Waals surface area contributed by atoms with Gasteiger partial charge in [0.2, 0.25) is 0 Å². The van der Waals surface area contributed by atoms with Crippen LogP contribution in [0.25, 0.3) is 0 Å². The van der Waals surface area contributed by atoms with Crippen molar-refractivity contribution in [1.82, 2.24) is 0 Å². The number of aliphatic hydroxyl groups excluding tert-OH is 1. The van der Waals surface area contributed by atoms with Crippen molar-refractivity contribution in [2.24, 2.45) is 11.8 Å². The summed E-state index contributed by atoms with van der Waals surface area (Å²) < 4.78 is 14.9. The van der Waals surface area contributed by atoms with Crippen LogP contribution < -0.4 is 0 Å². The first kappa shape index (κ1) is 11.1. The second-order valence-electron chi connectivity index (χ2n) is 3.47. The molecule has 0 spiro atoms. The van der Waals surface area contributed by atoms with E-state index in [0.717, 1.165) is 12.8 Å². The van der Waals surface area contributed by atoms with Crippen LogP contribution in [0.15, 0.2) is 0 Å². The number of rotatable bonds is 4. The third kappa shape index (κ3) is 3.35. The molecule has 13 heavy (non-hydrogen) atoms. The molecule has 0 aromatic heterocycles. The van der Waals surface area contributed by atoms with E-state index in [9.17, 15) is 4.57 Å². The highest BCUT2D eigenvalue weighted by Crippen LogP contribution is 2.39. The second kappa shape index (κ2) is 5.06. The van der Waals surface area contributed by atoms with Crippen molar-refractivity contribution in [2.45, 2.75) is 18.7 Å². The van der Waals surface area contributed by atoms with Crippen molar-refractivity contribution in [1.29, 1.82) is 0 Å². The molecule has 2 unspecified atom stereocenters. The van der Waals surface area contributed by atoms with Gasteiger partial charge in [-0.25, -0.2) is 0 Å². The van der Waals surface area contributed by atoms with Crippen molar-refractivity contribution >= 4 is 16.1 Å². The quantitative estimate of drug-likeness (QED) is 0.519. The van der Waals surface area contributed by atoms with Crippen molar-refractivity contribution in [3.05, 3.63) is 0 Å². The third-order valence-corrected chi connectivity index (χ3v) is 2.88. The molecule has 0 aromatic carbocycles. The smallest absolute Gasteiger partial charge is 0.396 e. The molecule has 1 rings (SSSR count). The molecule has 0 heterocycles. The molecule has 1 aliphatic rings. The Morgan fingerprint density at radius 1 is 1.46 bits per heavy atom. The lowest BCUT2D eigenvalue weighted by Crippen LogP contribution is -2.16. The van der Waals surface area contributed by atoms with Gasteiger partial charge in [-0.1, -0.05) is 18.7 Å². The van der Waals surface area contributed by atoms with Gasteiger partial charge in [0.1, 0.15) is 6.61 Å². The number of hydrogen-bond donors (Lipinski definition) is 2. The van der Waals surface area contributed by atoms with E-state index in [0.29, 0.717) is 0 Å². The van der Waals surface area contributed by atoms with E-state index in [1.54, 1.807) is 0 Å². The molecular weight excluding hydrogens is 190 g/mol. The molecule has 0 amide bonds. The molecule has 1 aliphatic carbocycles. The molecule has 0 aromatic rings. The zero-order chi connectivity index (χ0) is 9.84. The first-order valence-corrected chi connectivity index (χ1v) is 5.42. The molecule has 2 radical (unpaired) electrons. The molecular formula is C7H13BO4P+. The fourth-order valence-corrected chi connectivity index (χ4v) is 2.17. The van der Waals surface area contributed by atoms with Crippen LogP contribution in [0.4, 0.5) is 0 Å². The molecule has 0 saturated heterocycles. The molecule has 1 fully saturated rings. The minimum atomic E-state index is -2.53. The summed E-state index contributed by atoms with van der Waals surface area (Å²) in [4.78, 5) is 8.43. The van der Waals surface area contributed by atoms with Crippen LogP contribution in [0.3, 0.4) is 0 Å². The first-order valence-electron chi connectivity index (χ1n) is 4.29.